The highest BCUT2D eigenvalue weighted by atomic mass is 15.6. The van der Waals surface area contributed by atoms with Crippen molar-refractivity contribution in [3.05, 3.63) is 23.4 Å². The molecular weight excluding hydrogens is 280 g/mol. The minimum atomic E-state index is 0.516. The molecule has 0 bridgehead atoms. The summed E-state index contributed by atoms with van der Waals surface area (Å²) in [5, 5.41) is 12.2. The van der Waals surface area contributed by atoms with Crippen molar-refractivity contribution >= 4 is 5.82 Å². The third-order valence-electron chi connectivity index (χ3n) is 4.30. The SMILES string of the molecule is CN(C)c1ncnc2c1CN(Cc1nnnn1C1CC1)CC2. The zero-order valence-corrected chi connectivity index (χ0v) is 13.0. The van der Waals surface area contributed by atoms with E-state index >= 15 is 0 Å². The predicted octanol–water partition coefficient (Wildman–Crippen LogP) is 0.422. The molecule has 0 unspecified atom stereocenters. The van der Waals surface area contributed by atoms with E-state index in [1.165, 1.54) is 18.4 Å². The van der Waals surface area contributed by atoms with Gasteiger partial charge in [-0.15, -0.1) is 5.10 Å². The summed E-state index contributed by atoms with van der Waals surface area (Å²) in [5.74, 6) is 1.98. The van der Waals surface area contributed by atoms with Crippen LogP contribution in [0.4, 0.5) is 5.82 Å². The monoisotopic (exact) mass is 300 g/mol. The molecule has 1 aliphatic heterocycles. The molecule has 116 valence electrons. The standard InChI is InChI=1S/C14H20N8/c1-20(2)14-11-7-21(6-5-12(11)15-9-16-14)8-13-17-18-19-22(13)10-3-4-10/h9-10H,3-8H2,1-2H3. The van der Waals surface area contributed by atoms with Crippen molar-refractivity contribution < 1.29 is 0 Å². The number of hydrogen-bond acceptors (Lipinski definition) is 7. The van der Waals surface area contributed by atoms with Crippen molar-refractivity contribution in [2.75, 3.05) is 25.5 Å². The fourth-order valence-electron chi connectivity index (χ4n) is 3.02. The Balaban J connectivity index is 1.55. The van der Waals surface area contributed by atoms with Crippen LogP contribution in [0.1, 0.15) is 36.0 Å². The Morgan fingerprint density at radius 2 is 2.14 bits per heavy atom. The van der Waals surface area contributed by atoms with Gasteiger partial charge in [-0.1, -0.05) is 0 Å². The third-order valence-corrected chi connectivity index (χ3v) is 4.30. The van der Waals surface area contributed by atoms with Crippen molar-refractivity contribution in [3.63, 3.8) is 0 Å². The molecule has 22 heavy (non-hydrogen) atoms. The van der Waals surface area contributed by atoms with Crippen LogP contribution in [0, 0.1) is 0 Å². The van der Waals surface area contributed by atoms with Crippen molar-refractivity contribution in [1.29, 1.82) is 0 Å². The second kappa shape index (κ2) is 5.28. The number of aromatic nitrogens is 6. The van der Waals surface area contributed by atoms with E-state index in [1.807, 2.05) is 18.8 Å². The second-order valence-electron chi connectivity index (χ2n) is 6.25. The molecule has 0 saturated heterocycles. The molecule has 2 aliphatic rings. The molecule has 1 fully saturated rings. The van der Waals surface area contributed by atoms with Crippen LogP contribution in [-0.4, -0.2) is 55.7 Å². The number of rotatable bonds is 4. The molecule has 8 heteroatoms. The lowest BCUT2D eigenvalue weighted by Gasteiger charge is -2.29. The molecule has 0 N–H and O–H groups in total. The van der Waals surface area contributed by atoms with Gasteiger partial charge in [-0.25, -0.2) is 14.6 Å². The lowest BCUT2D eigenvalue weighted by Crippen LogP contribution is -2.33. The summed E-state index contributed by atoms with van der Waals surface area (Å²) < 4.78 is 1.99. The van der Waals surface area contributed by atoms with E-state index in [1.54, 1.807) is 6.33 Å². The largest absolute Gasteiger partial charge is 0.362 e. The molecule has 0 spiro atoms. The van der Waals surface area contributed by atoms with Crippen LogP contribution in [0.3, 0.4) is 0 Å². The Morgan fingerprint density at radius 1 is 1.27 bits per heavy atom. The maximum absolute atomic E-state index is 4.44. The minimum Gasteiger partial charge on any atom is -0.362 e. The van der Waals surface area contributed by atoms with Gasteiger partial charge in [0.1, 0.15) is 12.1 Å². The molecule has 4 rings (SSSR count). The quantitative estimate of drug-likeness (QED) is 0.810. The van der Waals surface area contributed by atoms with Crippen LogP contribution in [0.5, 0.6) is 0 Å². The van der Waals surface area contributed by atoms with Gasteiger partial charge < -0.3 is 4.90 Å². The summed E-state index contributed by atoms with van der Waals surface area (Å²) in [5.41, 5.74) is 2.39. The molecule has 1 saturated carbocycles. The van der Waals surface area contributed by atoms with Crippen LogP contribution < -0.4 is 4.90 Å². The molecule has 0 atom stereocenters. The Bertz CT molecular complexity index is 675. The molecule has 3 heterocycles. The maximum atomic E-state index is 4.44. The van der Waals surface area contributed by atoms with Gasteiger partial charge in [0.2, 0.25) is 0 Å². The van der Waals surface area contributed by atoms with E-state index in [4.69, 9.17) is 0 Å². The van der Waals surface area contributed by atoms with E-state index in [0.29, 0.717) is 6.04 Å². The lowest BCUT2D eigenvalue weighted by molar-refractivity contribution is 0.232. The average molecular weight is 300 g/mol. The molecule has 0 amide bonds. The van der Waals surface area contributed by atoms with E-state index in [9.17, 15) is 0 Å². The maximum Gasteiger partial charge on any atom is 0.165 e. The first-order chi connectivity index (χ1) is 10.7. The average Bonchev–Trinajstić information content (AvgIpc) is 3.26. The van der Waals surface area contributed by atoms with E-state index in [0.717, 1.165) is 43.4 Å². The smallest absolute Gasteiger partial charge is 0.165 e. The fourth-order valence-corrected chi connectivity index (χ4v) is 3.02. The first-order valence-corrected chi connectivity index (χ1v) is 7.71. The Labute approximate surface area is 129 Å². The number of tetrazole rings is 1. The van der Waals surface area contributed by atoms with E-state index in [2.05, 4.69) is 35.3 Å². The summed E-state index contributed by atoms with van der Waals surface area (Å²) in [4.78, 5) is 13.3. The van der Waals surface area contributed by atoms with Gasteiger partial charge in [0.05, 0.1) is 18.3 Å². The van der Waals surface area contributed by atoms with Crippen LogP contribution in [-0.2, 0) is 19.5 Å². The van der Waals surface area contributed by atoms with Gasteiger partial charge in [-0.05, 0) is 23.3 Å². The fraction of sp³-hybridized carbons (Fsp3) is 0.643. The van der Waals surface area contributed by atoms with Crippen molar-refractivity contribution in [2.45, 2.75) is 38.4 Å². The van der Waals surface area contributed by atoms with Gasteiger partial charge in [-0.3, -0.25) is 4.90 Å². The molecular formula is C14H20N8. The number of fused-ring (bicyclic) bond motifs is 1. The van der Waals surface area contributed by atoms with Crippen LogP contribution >= 0.6 is 0 Å². The molecule has 2 aromatic rings. The van der Waals surface area contributed by atoms with Gasteiger partial charge in [0, 0.05) is 39.2 Å². The van der Waals surface area contributed by atoms with Crippen LogP contribution in [0.15, 0.2) is 6.33 Å². The van der Waals surface area contributed by atoms with Crippen molar-refractivity contribution in [1.82, 2.24) is 35.1 Å². The Morgan fingerprint density at radius 3 is 2.91 bits per heavy atom. The third kappa shape index (κ3) is 2.43. The summed E-state index contributed by atoms with van der Waals surface area (Å²) in [6.07, 6.45) is 5.00. The zero-order chi connectivity index (χ0) is 15.1. The Hall–Kier alpha value is -2.09. The molecule has 0 radical (unpaired) electrons. The van der Waals surface area contributed by atoms with E-state index in [-0.39, 0.29) is 0 Å². The number of anilines is 1. The predicted molar refractivity (Wildman–Crippen MR) is 80.3 cm³/mol. The highest BCUT2D eigenvalue weighted by Crippen LogP contribution is 2.34. The number of hydrogen-bond donors (Lipinski definition) is 0. The van der Waals surface area contributed by atoms with Crippen LogP contribution in [0.25, 0.3) is 0 Å². The normalized spacial score (nSPS) is 18.3. The first kappa shape index (κ1) is 13.6. The highest BCUT2D eigenvalue weighted by molar-refractivity contribution is 5.48. The lowest BCUT2D eigenvalue weighted by atomic mass is 10.1. The van der Waals surface area contributed by atoms with E-state index < -0.39 is 0 Å². The topological polar surface area (TPSA) is 75.9 Å². The van der Waals surface area contributed by atoms with Gasteiger partial charge in [0.15, 0.2) is 5.82 Å². The summed E-state index contributed by atoms with van der Waals surface area (Å²) >= 11 is 0. The summed E-state index contributed by atoms with van der Waals surface area (Å²) in [6.45, 7) is 2.61. The first-order valence-electron chi connectivity index (χ1n) is 7.71. The molecule has 8 nitrogen and oxygen atoms in total. The van der Waals surface area contributed by atoms with Crippen molar-refractivity contribution in [3.8, 4) is 0 Å². The molecule has 2 aromatic heterocycles. The number of nitrogens with zero attached hydrogens (tertiary/aromatic N) is 8. The molecule has 0 aromatic carbocycles. The highest BCUT2D eigenvalue weighted by Gasteiger charge is 2.29. The van der Waals surface area contributed by atoms with Gasteiger partial charge >= 0.3 is 0 Å². The summed E-state index contributed by atoms with van der Waals surface area (Å²) in [7, 11) is 4.05. The van der Waals surface area contributed by atoms with Crippen LogP contribution in [0.2, 0.25) is 0 Å². The minimum absolute atomic E-state index is 0.516. The second-order valence-corrected chi connectivity index (χ2v) is 6.25. The Kier molecular flexibility index (Phi) is 3.25. The van der Waals surface area contributed by atoms with Gasteiger partial charge in [0.25, 0.3) is 0 Å². The van der Waals surface area contributed by atoms with Crippen molar-refractivity contribution in [2.24, 2.45) is 0 Å². The molecule has 1 aliphatic carbocycles. The summed E-state index contributed by atoms with van der Waals surface area (Å²) in [6, 6.07) is 0.516. The van der Waals surface area contributed by atoms with Gasteiger partial charge in [-0.2, -0.15) is 0 Å². The zero-order valence-electron chi connectivity index (χ0n) is 13.0.